The van der Waals surface area contributed by atoms with Crippen molar-refractivity contribution < 1.29 is 15.0 Å². The summed E-state index contributed by atoms with van der Waals surface area (Å²) in [5, 5.41) is 19.4. The number of carbonyl (C=O) groups is 1. The number of phenolic OH excluding ortho intramolecular Hbond substituents is 2. The quantitative estimate of drug-likeness (QED) is 0.781. The lowest BCUT2D eigenvalue weighted by Crippen LogP contribution is -2.38. The van der Waals surface area contributed by atoms with E-state index in [2.05, 4.69) is 6.92 Å². The lowest BCUT2D eigenvalue weighted by atomic mass is 9.65. The second-order valence-corrected chi connectivity index (χ2v) is 6.79. The zero-order valence-corrected chi connectivity index (χ0v) is 12.5. The van der Waals surface area contributed by atoms with Crippen molar-refractivity contribution in [3.63, 3.8) is 0 Å². The number of benzene rings is 2. The van der Waals surface area contributed by atoms with E-state index in [0.29, 0.717) is 6.42 Å². The first kappa shape index (κ1) is 13.4. The van der Waals surface area contributed by atoms with E-state index >= 15 is 0 Å². The Morgan fingerprint density at radius 1 is 1.00 bits per heavy atom. The first-order chi connectivity index (χ1) is 10.5. The number of aromatic hydroxyl groups is 2. The average molecular weight is 294 g/mol. The van der Waals surface area contributed by atoms with Crippen LogP contribution in [0.1, 0.15) is 46.3 Å². The van der Waals surface area contributed by atoms with Crippen molar-refractivity contribution in [1.82, 2.24) is 0 Å². The number of fused-ring (bicyclic) bond motifs is 2. The van der Waals surface area contributed by atoms with Crippen LogP contribution in [0.4, 0.5) is 0 Å². The van der Waals surface area contributed by atoms with Crippen molar-refractivity contribution in [2.75, 3.05) is 0 Å². The molecule has 1 spiro atoms. The van der Waals surface area contributed by atoms with Gasteiger partial charge < -0.3 is 10.2 Å². The van der Waals surface area contributed by atoms with E-state index in [0.717, 1.165) is 29.5 Å². The minimum atomic E-state index is -0.389. The zero-order valence-electron chi connectivity index (χ0n) is 12.5. The number of phenols is 2. The molecule has 0 radical (unpaired) electrons. The highest BCUT2D eigenvalue weighted by atomic mass is 16.3. The molecular weight excluding hydrogens is 276 g/mol. The predicted molar refractivity (Wildman–Crippen MR) is 83.4 cm³/mol. The van der Waals surface area contributed by atoms with Gasteiger partial charge in [0.2, 0.25) is 0 Å². The molecule has 0 saturated carbocycles. The SMILES string of the molecule is CC1CC2(Cc3ccc(O)cc3C2)C(=O)c2ccc(O)cc21. The molecule has 0 aliphatic heterocycles. The van der Waals surface area contributed by atoms with Crippen LogP contribution in [0.3, 0.4) is 0 Å². The van der Waals surface area contributed by atoms with Crippen molar-refractivity contribution >= 4 is 5.78 Å². The van der Waals surface area contributed by atoms with Crippen molar-refractivity contribution in [3.05, 3.63) is 58.7 Å². The summed E-state index contributed by atoms with van der Waals surface area (Å²) in [5.74, 6) is 0.894. The van der Waals surface area contributed by atoms with Crippen LogP contribution in [-0.4, -0.2) is 16.0 Å². The first-order valence-corrected chi connectivity index (χ1v) is 7.67. The molecule has 0 heterocycles. The van der Waals surface area contributed by atoms with Gasteiger partial charge >= 0.3 is 0 Å². The molecule has 2 atom stereocenters. The zero-order chi connectivity index (χ0) is 15.5. The highest BCUT2D eigenvalue weighted by Crippen LogP contribution is 2.50. The molecule has 0 saturated heterocycles. The Hall–Kier alpha value is -2.29. The molecule has 0 amide bonds. The molecule has 112 valence electrons. The van der Waals surface area contributed by atoms with E-state index in [-0.39, 0.29) is 28.6 Å². The van der Waals surface area contributed by atoms with Crippen molar-refractivity contribution in [1.29, 1.82) is 0 Å². The first-order valence-electron chi connectivity index (χ1n) is 7.67. The fourth-order valence-electron chi connectivity index (χ4n) is 4.28. The minimum absolute atomic E-state index is 0.177. The highest BCUT2D eigenvalue weighted by Gasteiger charge is 2.48. The number of hydrogen-bond donors (Lipinski definition) is 2. The largest absolute Gasteiger partial charge is 0.508 e. The third-order valence-electron chi connectivity index (χ3n) is 5.24. The maximum atomic E-state index is 13.1. The molecule has 2 aromatic rings. The summed E-state index contributed by atoms with van der Waals surface area (Å²) in [4.78, 5) is 13.1. The van der Waals surface area contributed by atoms with Crippen LogP contribution in [0.15, 0.2) is 36.4 Å². The minimum Gasteiger partial charge on any atom is -0.508 e. The molecule has 3 nitrogen and oxygen atoms in total. The monoisotopic (exact) mass is 294 g/mol. The molecular formula is C19H18O3. The summed E-state index contributed by atoms with van der Waals surface area (Å²) < 4.78 is 0. The number of carbonyl (C=O) groups excluding carboxylic acids is 1. The molecule has 0 fully saturated rings. The van der Waals surface area contributed by atoms with Gasteiger partial charge in [0.1, 0.15) is 11.5 Å². The lowest BCUT2D eigenvalue weighted by molar-refractivity contribution is 0.0755. The van der Waals surface area contributed by atoms with E-state index in [1.54, 1.807) is 30.3 Å². The van der Waals surface area contributed by atoms with Crippen LogP contribution in [0.5, 0.6) is 11.5 Å². The summed E-state index contributed by atoms with van der Waals surface area (Å²) in [6, 6.07) is 10.5. The molecule has 22 heavy (non-hydrogen) atoms. The maximum absolute atomic E-state index is 13.1. The molecule has 2 unspecified atom stereocenters. The van der Waals surface area contributed by atoms with Gasteiger partial charge in [-0.2, -0.15) is 0 Å². The molecule has 2 aromatic carbocycles. The van der Waals surface area contributed by atoms with Gasteiger partial charge in [-0.3, -0.25) is 4.79 Å². The molecule has 2 N–H and O–H groups in total. The Labute approximate surface area is 129 Å². The summed E-state index contributed by atoms with van der Waals surface area (Å²) in [6.45, 7) is 2.12. The van der Waals surface area contributed by atoms with Crippen LogP contribution in [0.2, 0.25) is 0 Å². The van der Waals surface area contributed by atoms with Gasteiger partial charge in [0.25, 0.3) is 0 Å². The molecule has 2 aliphatic rings. The second kappa shape index (κ2) is 4.35. The van der Waals surface area contributed by atoms with Gasteiger partial charge in [0.05, 0.1) is 0 Å². The molecule has 3 heteroatoms. The predicted octanol–water partition coefficient (Wildman–Crippen LogP) is 3.57. The van der Waals surface area contributed by atoms with Gasteiger partial charge in [-0.15, -0.1) is 0 Å². The normalized spacial score (nSPS) is 26.0. The van der Waals surface area contributed by atoms with E-state index in [9.17, 15) is 15.0 Å². The Balaban J connectivity index is 1.80. The second-order valence-electron chi connectivity index (χ2n) is 6.79. The van der Waals surface area contributed by atoms with E-state index in [1.165, 1.54) is 5.56 Å². The molecule has 0 aromatic heterocycles. The Bertz CT molecular complexity index is 793. The van der Waals surface area contributed by atoms with Gasteiger partial charge in [-0.25, -0.2) is 0 Å². The topological polar surface area (TPSA) is 57.5 Å². The molecule has 0 bridgehead atoms. The summed E-state index contributed by atoms with van der Waals surface area (Å²) >= 11 is 0. The standard InChI is InChI=1S/C19H18O3/c1-11-8-19(9-12-2-3-14(20)6-13(12)10-19)18(22)16-5-4-15(21)7-17(11)16/h2-7,11,20-21H,8-10H2,1H3. The average Bonchev–Trinajstić information content (AvgIpc) is 2.83. The Morgan fingerprint density at radius 3 is 2.50 bits per heavy atom. The van der Waals surface area contributed by atoms with Crippen molar-refractivity contribution in [3.8, 4) is 11.5 Å². The fourth-order valence-corrected chi connectivity index (χ4v) is 4.28. The van der Waals surface area contributed by atoms with Crippen molar-refractivity contribution in [2.24, 2.45) is 5.41 Å². The fraction of sp³-hybridized carbons (Fsp3) is 0.316. The van der Waals surface area contributed by atoms with Crippen LogP contribution in [0.25, 0.3) is 0 Å². The smallest absolute Gasteiger partial charge is 0.169 e. The summed E-state index contributed by atoms with van der Waals surface area (Å²) in [5.41, 5.74) is 3.56. The van der Waals surface area contributed by atoms with E-state index in [4.69, 9.17) is 0 Å². The van der Waals surface area contributed by atoms with Crippen LogP contribution in [-0.2, 0) is 12.8 Å². The van der Waals surface area contributed by atoms with Crippen LogP contribution in [0, 0.1) is 5.41 Å². The summed E-state index contributed by atoms with van der Waals surface area (Å²) in [7, 11) is 0. The third kappa shape index (κ3) is 1.78. The lowest BCUT2D eigenvalue weighted by Gasteiger charge is -2.36. The molecule has 2 aliphatic carbocycles. The Morgan fingerprint density at radius 2 is 1.68 bits per heavy atom. The highest BCUT2D eigenvalue weighted by molar-refractivity contribution is 6.04. The van der Waals surface area contributed by atoms with Gasteiger partial charge in [-0.05, 0) is 72.2 Å². The number of ketones is 1. The van der Waals surface area contributed by atoms with Crippen LogP contribution >= 0.6 is 0 Å². The number of hydrogen-bond acceptors (Lipinski definition) is 3. The van der Waals surface area contributed by atoms with E-state index < -0.39 is 0 Å². The summed E-state index contributed by atoms with van der Waals surface area (Å²) in [6.07, 6.45) is 2.23. The Kier molecular flexibility index (Phi) is 2.65. The molecule has 4 rings (SSSR count). The van der Waals surface area contributed by atoms with E-state index in [1.807, 2.05) is 6.07 Å². The van der Waals surface area contributed by atoms with Gasteiger partial charge in [-0.1, -0.05) is 13.0 Å². The van der Waals surface area contributed by atoms with Gasteiger partial charge in [0, 0.05) is 11.0 Å². The number of Topliss-reactive ketones (excluding diaryl/α,β-unsaturated/α-hetero) is 1. The maximum Gasteiger partial charge on any atom is 0.169 e. The third-order valence-corrected chi connectivity index (χ3v) is 5.24. The van der Waals surface area contributed by atoms with Crippen molar-refractivity contribution in [2.45, 2.75) is 32.1 Å². The van der Waals surface area contributed by atoms with Crippen LogP contribution < -0.4 is 0 Å². The number of rotatable bonds is 0. The van der Waals surface area contributed by atoms with Gasteiger partial charge in [0.15, 0.2) is 5.78 Å².